The monoisotopic (exact) mass is 268 g/mol. The summed E-state index contributed by atoms with van der Waals surface area (Å²) in [5.74, 6) is -0.382. The fourth-order valence-electron chi connectivity index (χ4n) is 2.53. The van der Waals surface area contributed by atoms with Gasteiger partial charge in [-0.05, 0) is 24.6 Å². The van der Waals surface area contributed by atoms with Crippen molar-refractivity contribution in [1.82, 2.24) is 4.57 Å². The molecule has 1 unspecified atom stereocenters. The molecule has 0 saturated heterocycles. The lowest BCUT2D eigenvalue weighted by molar-refractivity contribution is -0.132. The molecule has 0 bridgehead atoms. The van der Waals surface area contributed by atoms with Crippen LogP contribution in [0, 0.1) is 6.92 Å². The van der Waals surface area contributed by atoms with Crippen LogP contribution in [-0.4, -0.2) is 29.9 Å². The fourth-order valence-corrected chi connectivity index (χ4v) is 2.53. The Morgan fingerprint density at radius 3 is 2.75 bits per heavy atom. The number of esters is 1. The van der Waals surface area contributed by atoms with Gasteiger partial charge in [0.25, 0.3) is 0 Å². The molecule has 0 amide bonds. The number of benzene rings is 1. The number of carbonyl (C=O) groups is 1. The van der Waals surface area contributed by atoms with Crippen LogP contribution in [0.5, 0.6) is 0 Å². The third-order valence-electron chi connectivity index (χ3n) is 3.62. The molecule has 4 heteroatoms. The quantitative estimate of drug-likeness (QED) is 0.785. The molecular weight excluding hydrogens is 252 g/mol. The smallest absolute Gasteiger partial charge is 0.358 e. The zero-order valence-electron chi connectivity index (χ0n) is 11.5. The summed E-state index contributed by atoms with van der Waals surface area (Å²) in [4.78, 5) is 16.2. The number of rotatable bonds is 2. The van der Waals surface area contributed by atoms with E-state index < -0.39 is 0 Å². The van der Waals surface area contributed by atoms with E-state index in [1.54, 1.807) is 0 Å². The minimum atomic E-state index is -0.382. The predicted octanol–water partition coefficient (Wildman–Crippen LogP) is 2.36. The highest BCUT2D eigenvalue weighted by Crippen LogP contribution is 2.26. The number of fused-ring (bicyclic) bond motifs is 1. The second-order valence-electron chi connectivity index (χ2n) is 4.91. The number of hydrogen-bond acceptors (Lipinski definition) is 3. The number of carbonyl (C=O) groups excluding carboxylic acids is 1. The number of hydrogen-bond donors (Lipinski definition) is 0. The van der Waals surface area contributed by atoms with E-state index in [1.165, 1.54) is 18.2 Å². The van der Waals surface area contributed by atoms with Crippen LogP contribution in [0.4, 0.5) is 0 Å². The third kappa shape index (κ3) is 2.03. The predicted molar refractivity (Wildman–Crippen MR) is 77.2 cm³/mol. The van der Waals surface area contributed by atoms with E-state index in [4.69, 9.17) is 4.74 Å². The second-order valence-corrected chi connectivity index (χ2v) is 4.91. The first kappa shape index (κ1) is 12.7. The lowest BCUT2D eigenvalue weighted by Crippen LogP contribution is -2.29. The first-order valence-corrected chi connectivity index (χ1v) is 6.57. The van der Waals surface area contributed by atoms with Crippen molar-refractivity contribution in [3.05, 3.63) is 59.4 Å². The highest BCUT2D eigenvalue weighted by molar-refractivity contribution is 6.43. The molecule has 4 nitrogen and oxygen atoms in total. The SMILES string of the molecule is COC(=O)C1=NCC(c2ccc(C)cc2)n2cccc21. The summed E-state index contributed by atoms with van der Waals surface area (Å²) >= 11 is 0. The van der Waals surface area contributed by atoms with Crippen molar-refractivity contribution in [2.24, 2.45) is 4.99 Å². The van der Waals surface area contributed by atoms with Gasteiger partial charge in [-0.2, -0.15) is 0 Å². The maximum atomic E-state index is 11.7. The lowest BCUT2D eigenvalue weighted by atomic mass is 10.0. The molecule has 2 heterocycles. The van der Waals surface area contributed by atoms with Gasteiger partial charge in [0, 0.05) is 6.20 Å². The summed E-state index contributed by atoms with van der Waals surface area (Å²) in [6, 6.07) is 12.4. The Morgan fingerprint density at radius 2 is 2.05 bits per heavy atom. The fraction of sp³-hybridized carbons (Fsp3) is 0.250. The van der Waals surface area contributed by atoms with Crippen LogP contribution in [0.15, 0.2) is 47.6 Å². The minimum Gasteiger partial charge on any atom is -0.464 e. The molecule has 2 aromatic rings. The van der Waals surface area contributed by atoms with Crippen LogP contribution >= 0.6 is 0 Å². The Bertz CT molecular complexity index is 668. The van der Waals surface area contributed by atoms with E-state index in [-0.39, 0.29) is 12.0 Å². The topological polar surface area (TPSA) is 43.6 Å². The number of methoxy groups -OCH3 is 1. The third-order valence-corrected chi connectivity index (χ3v) is 3.62. The van der Waals surface area contributed by atoms with Gasteiger partial charge in [0.05, 0.1) is 25.4 Å². The van der Waals surface area contributed by atoms with E-state index in [9.17, 15) is 4.79 Å². The molecule has 102 valence electrons. The van der Waals surface area contributed by atoms with Gasteiger partial charge in [-0.1, -0.05) is 29.8 Å². The molecule has 3 rings (SSSR count). The standard InChI is InChI=1S/C16H16N2O2/c1-11-5-7-12(8-6-11)14-10-17-15(16(19)20-2)13-4-3-9-18(13)14/h3-9,14H,10H2,1-2H3. The van der Waals surface area contributed by atoms with Crippen molar-refractivity contribution in [2.75, 3.05) is 13.7 Å². The molecule has 0 fully saturated rings. The normalized spacial score (nSPS) is 17.3. The van der Waals surface area contributed by atoms with E-state index in [0.717, 1.165) is 5.69 Å². The highest BCUT2D eigenvalue weighted by atomic mass is 16.5. The molecule has 1 aliphatic heterocycles. The van der Waals surface area contributed by atoms with E-state index >= 15 is 0 Å². The van der Waals surface area contributed by atoms with Crippen molar-refractivity contribution in [2.45, 2.75) is 13.0 Å². The van der Waals surface area contributed by atoms with E-state index in [2.05, 4.69) is 40.7 Å². The summed E-state index contributed by atoms with van der Waals surface area (Å²) in [6.45, 7) is 2.62. The molecule has 20 heavy (non-hydrogen) atoms. The molecule has 1 aliphatic rings. The summed E-state index contributed by atoms with van der Waals surface area (Å²) in [5, 5.41) is 0. The van der Waals surface area contributed by atoms with Gasteiger partial charge in [-0.25, -0.2) is 4.79 Å². The molecule has 1 aromatic heterocycles. The van der Waals surface area contributed by atoms with Crippen LogP contribution in [0.3, 0.4) is 0 Å². The molecular formula is C16H16N2O2. The summed E-state index contributed by atoms with van der Waals surface area (Å²) in [7, 11) is 1.38. The van der Waals surface area contributed by atoms with Gasteiger partial charge >= 0.3 is 5.97 Å². The van der Waals surface area contributed by atoms with Gasteiger partial charge in [0.1, 0.15) is 0 Å². The Hall–Kier alpha value is -2.36. The molecule has 0 aliphatic carbocycles. The minimum absolute atomic E-state index is 0.133. The summed E-state index contributed by atoms with van der Waals surface area (Å²) in [5.41, 5.74) is 3.64. The molecule has 1 aromatic carbocycles. The van der Waals surface area contributed by atoms with Crippen LogP contribution in [0.25, 0.3) is 0 Å². The average molecular weight is 268 g/mol. The number of aryl methyl sites for hydroxylation is 1. The largest absolute Gasteiger partial charge is 0.464 e. The van der Waals surface area contributed by atoms with Crippen molar-refractivity contribution in [1.29, 1.82) is 0 Å². The van der Waals surface area contributed by atoms with Gasteiger partial charge in [0.2, 0.25) is 0 Å². The molecule has 0 saturated carbocycles. The first-order valence-electron chi connectivity index (χ1n) is 6.57. The van der Waals surface area contributed by atoms with E-state index in [0.29, 0.717) is 12.3 Å². The van der Waals surface area contributed by atoms with Gasteiger partial charge in [0.15, 0.2) is 5.71 Å². The van der Waals surface area contributed by atoms with Crippen LogP contribution in [-0.2, 0) is 9.53 Å². The second kappa shape index (κ2) is 4.96. The van der Waals surface area contributed by atoms with Gasteiger partial charge in [-0.15, -0.1) is 0 Å². The highest BCUT2D eigenvalue weighted by Gasteiger charge is 2.27. The summed E-state index contributed by atoms with van der Waals surface area (Å²) < 4.78 is 6.88. The zero-order valence-corrected chi connectivity index (χ0v) is 11.5. The Kier molecular flexibility index (Phi) is 3.14. The number of aromatic nitrogens is 1. The lowest BCUT2D eigenvalue weighted by Gasteiger charge is -2.25. The van der Waals surface area contributed by atoms with E-state index in [1.807, 2.05) is 18.3 Å². The first-order chi connectivity index (χ1) is 9.70. The van der Waals surface area contributed by atoms with Crippen molar-refractivity contribution < 1.29 is 9.53 Å². The molecule has 0 spiro atoms. The Morgan fingerprint density at radius 1 is 1.30 bits per heavy atom. The van der Waals surface area contributed by atoms with Gasteiger partial charge in [-0.3, -0.25) is 4.99 Å². The van der Waals surface area contributed by atoms with Crippen LogP contribution in [0.2, 0.25) is 0 Å². The molecule has 0 N–H and O–H groups in total. The van der Waals surface area contributed by atoms with Crippen molar-refractivity contribution in [3.63, 3.8) is 0 Å². The number of nitrogens with zero attached hydrogens (tertiary/aromatic N) is 2. The Labute approximate surface area is 117 Å². The zero-order chi connectivity index (χ0) is 14.1. The Balaban J connectivity index is 2.01. The maximum Gasteiger partial charge on any atom is 0.358 e. The number of ether oxygens (including phenoxy) is 1. The molecule has 1 atom stereocenters. The number of aliphatic imine (C=N–C) groups is 1. The van der Waals surface area contributed by atoms with Crippen molar-refractivity contribution >= 4 is 11.7 Å². The van der Waals surface area contributed by atoms with Gasteiger partial charge < -0.3 is 9.30 Å². The van der Waals surface area contributed by atoms with Crippen LogP contribution < -0.4 is 0 Å². The van der Waals surface area contributed by atoms with Crippen molar-refractivity contribution in [3.8, 4) is 0 Å². The molecule has 0 radical (unpaired) electrons. The average Bonchev–Trinajstić information content (AvgIpc) is 2.96. The summed E-state index contributed by atoms with van der Waals surface area (Å²) in [6.07, 6.45) is 1.98. The van der Waals surface area contributed by atoms with Crippen LogP contribution in [0.1, 0.15) is 22.9 Å². The maximum absolute atomic E-state index is 11.7.